The van der Waals surface area contributed by atoms with Crippen molar-refractivity contribution in [3.05, 3.63) is 48.0 Å². The van der Waals surface area contributed by atoms with Crippen molar-refractivity contribution in [3.63, 3.8) is 0 Å². The van der Waals surface area contributed by atoms with Gasteiger partial charge in [-0.15, -0.1) is 0 Å². The van der Waals surface area contributed by atoms with Gasteiger partial charge >= 0.3 is 0 Å². The third-order valence-electron chi connectivity index (χ3n) is 2.53. The molecule has 18 heavy (non-hydrogen) atoms. The van der Waals surface area contributed by atoms with Gasteiger partial charge in [-0.25, -0.2) is 0 Å². The quantitative estimate of drug-likeness (QED) is 0.743. The van der Waals surface area contributed by atoms with Crippen molar-refractivity contribution in [1.29, 1.82) is 5.26 Å². The molecule has 0 fully saturated rings. The van der Waals surface area contributed by atoms with Gasteiger partial charge in [0.2, 0.25) is 5.78 Å². The highest BCUT2D eigenvalue weighted by Crippen LogP contribution is 2.16. The van der Waals surface area contributed by atoms with Gasteiger partial charge in [-0.05, 0) is 18.1 Å². The molecule has 1 aromatic carbocycles. The largest absolute Gasteiger partial charge is 0.291 e. The first-order valence-corrected chi connectivity index (χ1v) is 5.86. The molecule has 0 bridgehead atoms. The van der Waals surface area contributed by atoms with Crippen molar-refractivity contribution < 1.29 is 4.79 Å². The average Bonchev–Trinajstić information content (AvgIpc) is 2.42. The van der Waals surface area contributed by atoms with Crippen LogP contribution in [0.15, 0.2) is 47.5 Å². The first-order valence-electron chi connectivity index (χ1n) is 5.86. The molecule has 3 heteroatoms. The van der Waals surface area contributed by atoms with E-state index in [4.69, 9.17) is 5.26 Å². The van der Waals surface area contributed by atoms with Gasteiger partial charge in [0.05, 0.1) is 6.07 Å². The third-order valence-corrected chi connectivity index (χ3v) is 2.53. The number of Topliss-reactive ketones (excluding diaryl/α,β-unsaturated/α-hetero) is 1. The number of carbonyl (C=O) groups is 1. The van der Waals surface area contributed by atoms with E-state index in [9.17, 15) is 4.79 Å². The second-order valence-corrected chi connectivity index (χ2v) is 3.76. The predicted octanol–water partition coefficient (Wildman–Crippen LogP) is 2.90. The van der Waals surface area contributed by atoms with Crippen LogP contribution in [-0.2, 0) is 4.79 Å². The molecule has 0 N–H and O–H groups in total. The van der Waals surface area contributed by atoms with Crippen LogP contribution < -0.4 is 0 Å². The fourth-order valence-corrected chi connectivity index (χ4v) is 1.57. The second-order valence-electron chi connectivity index (χ2n) is 3.76. The summed E-state index contributed by atoms with van der Waals surface area (Å²) in [7, 11) is 1.56. The standard InChI is InChI=1S/C15H16N2O/c1-3-4-10-14(17-2)15(18)13(11-16)12-8-6-5-7-9-12/h4-10,13H,3H2,1-2H3/b10-4-,17-14?. The van der Waals surface area contributed by atoms with Crippen LogP contribution in [-0.4, -0.2) is 18.5 Å². The highest BCUT2D eigenvalue weighted by molar-refractivity contribution is 6.46. The Kier molecular flexibility index (Phi) is 5.53. The first-order chi connectivity index (χ1) is 8.74. The van der Waals surface area contributed by atoms with Crippen LogP contribution in [0, 0.1) is 11.3 Å². The van der Waals surface area contributed by atoms with Crippen LogP contribution in [0.2, 0.25) is 0 Å². The van der Waals surface area contributed by atoms with Crippen LogP contribution >= 0.6 is 0 Å². The van der Waals surface area contributed by atoms with E-state index in [1.54, 1.807) is 25.3 Å². The molecule has 0 aliphatic heterocycles. The molecule has 0 amide bonds. The number of aliphatic imine (C=N–C) groups is 1. The zero-order valence-electron chi connectivity index (χ0n) is 10.6. The van der Waals surface area contributed by atoms with E-state index in [1.165, 1.54) is 0 Å². The van der Waals surface area contributed by atoms with Gasteiger partial charge in [-0.1, -0.05) is 43.3 Å². The van der Waals surface area contributed by atoms with E-state index in [-0.39, 0.29) is 5.78 Å². The summed E-state index contributed by atoms with van der Waals surface area (Å²) in [4.78, 5) is 16.2. The van der Waals surface area contributed by atoms with E-state index in [0.29, 0.717) is 11.3 Å². The smallest absolute Gasteiger partial charge is 0.202 e. The fourth-order valence-electron chi connectivity index (χ4n) is 1.57. The van der Waals surface area contributed by atoms with Crippen LogP contribution in [0.1, 0.15) is 24.8 Å². The minimum absolute atomic E-state index is 0.254. The summed E-state index contributed by atoms with van der Waals surface area (Å²) in [6, 6.07) is 11.1. The first kappa shape index (κ1) is 13.9. The van der Waals surface area contributed by atoms with Gasteiger partial charge < -0.3 is 0 Å². The Labute approximate surface area is 107 Å². The molecular formula is C15H16N2O. The summed E-state index contributed by atoms with van der Waals surface area (Å²) >= 11 is 0. The van der Waals surface area contributed by atoms with Crippen molar-refractivity contribution in [3.8, 4) is 6.07 Å². The minimum atomic E-state index is -0.786. The number of rotatable bonds is 5. The lowest BCUT2D eigenvalue weighted by molar-refractivity contribution is -0.113. The monoisotopic (exact) mass is 240 g/mol. The van der Waals surface area contributed by atoms with Gasteiger partial charge in [-0.2, -0.15) is 5.26 Å². The maximum absolute atomic E-state index is 12.2. The van der Waals surface area contributed by atoms with E-state index in [2.05, 4.69) is 4.99 Å². The molecule has 1 rings (SSSR count). The van der Waals surface area contributed by atoms with E-state index >= 15 is 0 Å². The Morgan fingerprint density at radius 3 is 2.61 bits per heavy atom. The SMILES string of the molecule is CC/C=C\C(=NC)C(=O)C(C#N)c1ccccc1. The van der Waals surface area contributed by atoms with Crippen molar-refractivity contribution in [2.75, 3.05) is 7.05 Å². The predicted molar refractivity (Wildman–Crippen MR) is 72.6 cm³/mol. The Morgan fingerprint density at radius 1 is 1.44 bits per heavy atom. The Hall–Kier alpha value is -2.21. The molecule has 1 aromatic rings. The molecule has 0 heterocycles. The molecule has 92 valence electrons. The normalized spacial score (nSPS) is 13.3. The zero-order chi connectivity index (χ0) is 13.4. The van der Waals surface area contributed by atoms with E-state index in [0.717, 1.165) is 6.42 Å². The summed E-state index contributed by atoms with van der Waals surface area (Å²) in [5.41, 5.74) is 1.04. The maximum atomic E-state index is 12.2. The Morgan fingerprint density at radius 2 is 2.11 bits per heavy atom. The van der Waals surface area contributed by atoms with Gasteiger partial charge in [0.25, 0.3) is 0 Å². The maximum Gasteiger partial charge on any atom is 0.202 e. The number of nitriles is 1. The molecule has 1 atom stereocenters. The van der Waals surface area contributed by atoms with E-state index in [1.807, 2.05) is 37.3 Å². The molecule has 0 aliphatic carbocycles. The second kappa shape index (κ2) is 7.18. The van der Waals surface area contributed by atoms with Gasteiger partial charge in [-0.3, -0.25) is 9.79 Å². The summed E-state index contributed by atoms with van der Waals surface area (Å²) in [6.07, 6.45) is 4.37. The molecule has 0 saturated heterocycles. The highest BCUT2D eigenvalue weighted by Gasteiger charge is 2.22. The van der Waals surface area contributed by atoms with E-state index < -0.39 is 5.92 Å². The number of hydrogen-bond acceptors (Lipinski definition) is 3. The lowest BCUT2D eigenvalue weighted by Crippen LogP contribution is -2.19. The number of nitrogens with zero attached hydrogens (tertiary/aromatic N) is 2. The molecular weight excluding hydrogens is 224 g/mol. The van der Waals surface area contributed by atoms with Crippen LogP contribution in [0.25, 0.3) is 0 Å². The summed E-state index contributed by atoms with van der Waals surface area (Å²) in [5.74, 6) is -1.04. The summed E-state index contributed by atoms with van der Waals surface area (Å²) in [6.45, 7) is 1.98. The summed E-state index contributed by atoms with van der Waals surface area (Å²) < 4.78 is 0. The van der Waals surface area contributed by atoms with Crippen LogP contribution in [0.4, 0.5) is 0 Å². The van der Waals surface area contributed by atoms with Gasteiger partial charge in [0, 0.05) is 7.05 Å². The Balaban J connectivity index is 3.01. The zero-order valence-corrected chi connectivity index (χ0v) is 10.6. The minimum Gasteiger partial charge on any atom is -0.291 e. The lowest BCUT2D eigenvalue weighted by atomic mass is 9.93. The molecule has 0 saturated carbocycles. The summed E-state index contributed by atoms with van der Waals surface area (Å²) in [5, 5.41) is 9.17. The molecule has 0 aromatic heterocycles. The number of hydrogen-bond donors (Lipinski definition) is 0. The van der Waals surface area contributed by atoms with Crippen molar-refractivity contribution in [2.24, 2.45) is 4.99 Å². The average molecular weight is 240 g/mol. The number of allylic oxidation sites excluding steroid dienone is 2. The van der Waals surface area contributed by atoms with Crippen LogP contribution in [0.5, 0.6) is 0 Å². The van der Waals surface area contributed by atoms with Gasteiger partial charge in [0.15, 0.2) is 0 Å². The lowest BCUT2D eigenvalue weighted by Gasteiger charge is -2.08. The van der Waals surface area contributed by atoms with Crippen molar-refractivity contribution in [1.82, 2.24) is 0 Å². The van der Waals surface area contributed by atoms with Crippen LogP contribution in [0.3, 0.4) is 0 Å². The fraction of sp³-hybridized carbons (Fsp3) is 0.267. The molecule has 3 nitrogen and oxygen atoms in total. The molecule has 1 unspecified atom stereocenters. The third kappa shape index (κ3) is 3.39. The topological polar surface area (TPSA) is 53.2 Å². The molecule has 0 radical (unpaired) electrons. The number of benzene rings is 1. The number of ketones is 1. The van der Waals surface area contributed by atoms with Crippen molar-refractivity contribution >= 4 is 11.5 Å². The van der Waals surface area contributed by atoms with Gasteiger partial charge in [0.1, 0.15) is 11.6 Å². The molecule has 0 aliphatic rings. The highest BCUT2D eigenvalue weighted by atomic mass is 16.1. The van der Waals surface area contributed by atoms with Crippen molar-refractivity contribution in [2.45, 2.75) is 19.3 Å². The Bertz CT molecular complexity index is 495. The molecule has 0 spiro atoms. The number of carbonyl (C=O) groups excluding carboxylic acids is 1.